The first-order chi connectivity index (χ1) is 15.3. The second-order valence-corrected chi connectivity index (χ2v) is 11.1. The molecule has 3 aromatic rings. The molecule has 0 amide bonds. The fourth-order valence-electron chi connectivity index (χ4n) is 3.80. The van der Waals surface area contributed by atoms with Crippen molar-refractivity contribution >= 4 is 29.3 Å². The Hall–Kier alpha value is -2.31. The van der Waals surface area contributed by atoms with Gasteiger partial charge in [-0.2, -0.15) is 5.10 Å². The van der Waals surface area contributed by atoms with Crippen molar-refractivity contribution in [1.29, 1.82) is 0 Å². The molecule has 0 radical (unpaired) electrons. The average Bonchev–Trinajstić information content (AvgIpc) is 3.66. The Morgan fingerprint density at radius 2 is 1.91 bits per heavy atom. The second kappa shape index (κ2) is 8.23. The number of pyridine rings is 1. The summed E-state index contributed by atoms with van der Waals surface area (Å²) in [7, 11) is 0. The van der Waals surface area contributed by atoms with E-state index in [0.29, 0.717) is 11.1 Å². The highest BCUT2D eigenvalue weighted by atomic mass is 35.5. The van der Waals surface area contributed by atoms with Crippen molar-refractivity contribution in [3.8, 4) is 11.3 Å². The van der Waals surface area contributed by atoms with Gasteiger partial charge in [-0.25, -0.2) is 4.98 Å². The monoisotopic (exact) mass is 467 g/mol. The van der Waals surface area contributed by atoms with Crippen LogP contribution in [0.25, 0.3) is 11.3 Å². The average molecular weight is 468 g/mol. The Labute approximate surface area is 197 Å². The number of esters is 1. The van der Waals surface area contributed by atoms with Gasteiger partial charge in [0.05, 0.1) is 21.9 Å². The van der Waals surface area contributed by atoms with Crippen LogP contribution < -0.4 is 0 Å². The van der Waals surface area contributed by atoms with Gasteiger partial charge in [0.2, 0.25) is 0 Å². The van der Waals surface area contributed by atoms with E-state index in [-0.39, 0.29) is 17.8 Å². The van der Waals surface area contributed by atoms with Crippen LogP contribution >= 0.6 is 23.4 Å². The van der Waals surface area contributed by atoms with E-state index >= 15 is 0 Å². The Kier molecular flexibility index (Phi) is 5.54. The van der Waals surface area contributed by atoms with Gasteiger partial charge < -0.3 is 4.74 Å². The summed E-state index contributed by atoms with van der Waals surface area (Å²) >= 11 is 7.59. The van der Waals surface area contributed by atoms with Crippen LogP contribution in [0, 0.1) is 5.92 Å². The van der Waals surface area contributed by atoms with E-state index < -0.39 is 5.60 Å². The third kappa shape index (κ3) is 4.86. The van der Waals surface area contributed by atoms with Gasteiger partial charge in [0.1, 0.15) is 16.3 Å². The van der Waals surface area contributed by atoms with E-state index in [0.717, 1.165) is 27.6 Å². The summed E-state index contributed by atoms with van der Waals surface area (Å²) in [6.45, 7) is 5.73. The summed E-state index contributed by atoms with van der Waals surface area (Å²) in [5, 5.41) is 6.42. The number of hydrogen-bond acceptors (Lipinski definition) is 5. The van der Waals surface area contributed by atoms with E-state index in [4.69, 9.17) is 21.4 Å². The van der Waals surface area contributed by atoms with Crippen LogP contribution in [0.15, 0.2) is 58.7 Å². The lowest BCUT2D eigenvalue weighted by molar-refractivity contribution is -0.156. The van der Waals surface area contributed by atoms with Gasteiger partial charge in [0.25, 0.3) is 0 Å². The van der Waals surface area contributed by atoms with Crippen molar-refractivity contribution in [2.24, 2.45) is 5.92 Å². The number of benzene rings is 1. The molecule has 32 heavy (non-hydrogen) atoms. The van der Waals surface area contributed by atoms with Crippen molar-refractivity contribution < 1.29 is 9.53 Å². The quantitative estimate of drug-likeness (QED) is 0.386. The lowest BCUT2D eigenvalue weighted by Gasteiger charge is -2.19. The van der Waals surface area contributed by atoms with Gasteiger partial charge in [0, 0.05) is 18.0 Å². The number of nitrogens with zero attached hydrogens (tertiary/aromatic N) is 3. The first-order valence-corrected chi connectivity index (χ1v) is 12.2. The molecule has 2 saturated carbocycles. The van der Waals surface area contributed by atoms with Crippen LogP contribution in [0.2, 0.25) is 5.02 Å². The van der Waals surface area contributed by atoms with E-state index in [1.807, 2.05) is 32.9 Å². The Morgan fingerprint density at radius 3 is 2.53 bits per heavy atom. The van der Waals surface area contributed by atoms with Crippen molar-refractivity contribution in [2.75, 3.05) is 0 Å². The minimum atomic E-state index is -0.443. The number of ether oxygens (including phenoxy) is 1. The van der Waals surface area contributed by atoms with Crippen molar-refractivity contribution in [1.82, 2.24) is 14.8 Å². The maximum Gasteiger partial charge on any atom is 0.310 e. The number of halogens is 1. The number of rotatable bonds is 6. The maximum atomic E-state index is 12.4. The summed E-state index contributed by atoms with van der Waals surface area (Å²) in [6, 6.07) is 12.7. The molecule has 2 aliphatic carbocycles. The predicted octanol–water partition coefficient (Wildman–Crippen LogP) is 6.53. The Balaban J connectivity index is 1.35. The van der Waals surface area contributed by atoms with Gasteiger partial charge in [0.15, 0.2) is 0 Å². The SMILES string of the molecule is CC(C)(C)OC(=O)[C@@H]1C[C@H]1c1ccc(-c2nn(C3CC3)cc2Sc2ccc(Cl)cn2)cc1. The summed E-state index contributed by atoms with van der Waals surface area (Å²) in [6.07, 6.45) is 7.00. The molecule has 0 unspecified atom stereocenters. The van der Waals surface area contributed by atoms with Crippen molar-refractivity contribution in [2.45, 2.75) is 67.5 Å². The zero-order valence-electron chi connectivity index (χ0n) is 18.4. The molecule has 0 aliphatic heterocycles. The third-order valence-electron chi connectivity index (χ3n) is 5.65. The standard InChI is InChI=1S/C25H26ClN3O2S/c1-25(2,3)31-24(30)20-12-19(20)15-4-6-16(7-5-15)23-21(14-29(28-23)18-9-10-18)32-22-11-8-17(26)13-27-22/h4-8,11,13-14,18-20H,9-10,12H2,1-3H3/t19-,20+/m0/s1. The summed E-state index contributed by atoms with van der Waals surface area (Å²) in [4.78, 5) is 17.9. The van der Waals surface area contributed by atoms with E-state index in [1.165, 1.54) is 18.4 Å². The minimum Gasteiger partial charge on any atom is -0.460 e. The number of carbonyl (C=O) groups excluding carboxylic acids is 1. The summed E-state index contributed by atoms with van der Waals surface area (Å²) in [5.74, 6) is 0.121. The van der Waals surface area contributed by atoms with Crippen LogP contribution in [-0.2, 0) is 9.53 Å². The predicted molar refractivity (Wildman–Crippen MR) is 126 cm³/mol. The molecule has 166 valence electrons. The zero-order chi connectivity index (χ0) is 22.5. The first kappa shape index (κ1) is 21.5. The Bertz CT molecular complexity index is 1130. The molecule has 1 aromatic carbocycles. The van der Waals surface area contributed by atoms with Gasteiger partial charge in [-0.1, -0.05) is 47.6 Å². The molecule has 0 saturated heterocycles. The number of hydrogen-bond donors (Lipinski definition) is 0. The fraction of sp³-hybridized carbons (Fsp3) is 0.400. The first-order valence-electron chi connectivity index (χ1n) is 11.0. The van der Waals surface area contributed by atoms with Crippen LogP contribution in [0.1, 0.15) is 57.6 Å². The number of carbonyl (C=O) groups is 1. The third-order valence-corrected chi connectivity index (χ3v) is 6.84. The van der Waals surface area contributed by atoms with Gasteiger partial charge in [-0.3, -0.25) is 9.48 Å². The molecule has 2 atom stereocenters. The molecule has 5 rings (SSSR count). The van der Waals surface area contributed by atoms with Gasteiger partial charge >= 0.3 is 5.97 Å². The second-order valence-electron chi connectivity index (χ2n) is 9.57. The summed E-state index contributed by atoms with van der Waals surface area (Å²) < 4.78 is 7.63. The molecule has 2 aliphatic rings. The highest BCUT2D eigenvalue weighted by Gasteiger charge is 2.46. The zero-order valence-corrected chi connectivity index (χ0v) is 20.0. The van der Waals surface area contributed by atoms with Crippen LogP contribution in [0.4, 0.5) is 0 Å². The molecule has 0 N–H and O–H groups in total. The van der Waals surface area contributed by atoms with Gasteiger partial charge in [-0.05, 0) is 63.6 Å². The summed E-state index contributed by atoms with van der Waals surface area (Å²) in [5.41, 5.74) is 2.77. The molecule has 2 fully saturated rings. The minimum absolute atomic E-state index is 0.0313. The molecule has 2 heterocycles. The highest BCUT2D eigenvalue weighted by molar-refractivity contribution is 7.99. The smallest absolute Gasteiger partial charge is 0.310 e. The molecule has 0 bridgehead atoms. The largest absolute Gasteiger partial charge is 0.460 e. The normalized spacial score (nSPS) is 20.2. The van der Waals surface area contributed by atoms with Crippen LogP contribution in [0.3, 0.4) is 0 Å². The van der Waals surface area contributed by atoms with E-state index in [2.05, 4.69) is 40.1 Å². The molecule has 7 heteroatoms. The van der Waals surface area contributed by atoms with E-state index in [9.17, 15) is 4.79 Å². The molecule has 2 aromatic heterocycles. The van der Waals surface area contributed by atoms with E-state index in [1.54, 1.807) is 18.0 Å². The van der Waals surface area contributed by atoms with Crippen molar-refractivity contribution in [3.05, 3.63) is 59.4 Å². The maximum absolute atomic E-state index is 12.4. The van der Waals surface area contributed by atoms with Crippen molar-refractivity contribution in [3.63, 3.8) is 0 Å². The fourth-order valence-corrected chi connectivity index (χ4v) is 4.80. The molecular weight excluding hydrogens is 442 g/mol. The van der Waals surface area contributed by atoms with Crippen LogP contribution in [-0.4, -0.2) is 26.3 Å². The van der Waals surface area contributed by atoms with Gasteiger partial charge in [-0.15, -0.1) is 0 Å². The lowest BCUT2D eigenvalue weighted by Crippen LogP contribution is -2.25. The topological polar surface area (TPSA) is 57.0 Å². The molecule has 0 spiro atoms. The number of aromatic nitrogens is 3. The van der Waals surface area contributed by atoms with Crippen LogP contribution in [0.5, 0.6) is 0 Å². The molecular formula is C25H26ClN3O2S. The highest BCUT2D eigenvalue weighted by Crippen LogP contribution is 2.49. The lowest BCUT2D eigenvalue weighted by atomic mass is 10.0. The Morgan fingerprint density at radius 1 is 1.16 bits per heavy atom. The molecule has 5 nitrogen and oxygen atoms in total.